The van der Waals surface area contributed by atoms with Crippen molar-refractivity contribution in [3.05, 3.63) is 23.7 Å². The SMILES string of the molecule is CCC(CC)n1nccc1C(=O)Nc1n[nH]nc1C(=O)N1CCCC1. The van der Waals surface area contributed by atoms with Crippen molar-refractivity contribution in [1.29, 1.82) is 0 Å². The number of rotatable bonds is 6. The van der Waals surface area contributed by atoms with Gasteiger partial charge in [0.2, 0.25) is 0 Å². The molecule has 25 heavy (non-hydrogen) atoms. The van der Waals surface area contributed by atoms with E-state index in [2.05, 4.69) is 39.7 Å². The molecule has 0 aliphatic carbocycles. The van der Waals surface area contributed by atoms with Gasteiger partial charge < -0.3 is 10.2 Å². The molecule has 0 spiro atoms. The minimum absolute atomic E-state index is 0.142. The number of hydrogen-bond donors (Lipinski definition) is 2. The first-order chi connectivity index (χ1) is 12.2. The van der Waals surface area contributed by atoms with Gasteiger partial charge in [-0.3, -0.25) is 14.3 Å². The molecule has 9 heteroatoms. The van der Waals surface area contributed by atoms with Crippen LogP contribution in [0.1, 0.15) is 66.5 Å². The van der Waals surface area contributed by atoms with E-state index in [0.717, 1.165) is 25.7 Å². The fourth-order valence-corrected chi connectivity index (χ4v) is 3.13. The van der Waals surface area contributed by atoms with E-state index in [1.54, 1.807) is 21.8 Å². The maximum Gasteiger partial charge on any atom is 0.278 e. The molecule has 2 aromatic heterocycles. The van der Waals surface area contributed by atoms with Crippen LogP contribution in [0, 0.1) is 0 Å². The molecule has 1 aliphatic heterocycles. The first-order valence-electron chi connectivity index (χ1n) is 8.70. The molecule has 134 valence electrons. The third-order valence-corrected chi connectivity index (χ3v) is 4.57. The highest BCUT2D eigenvalue weighted by atomic mass is 16.2. The smallest absolute Gasteiger partial charge is 0.278 e. The number of anilines is 1. The molecule has 3 heterocycles. The van der Waals surface area contributed by atoms with Gasteiger partial charge in [-0.15, -0.1) is 10.2 Å². The van der Waals surface area contributed by atoms with Crippen LogP contribution < -0.4 is 5.32 Å². The highest BCUT2D eigenvalue weighted by molar-refractivity contribution is 6.06. The zero-order valence-corrected chi connectivity index (χ0v) is 14.5. The van der Waals surface area contributed by atoms with Crippen molar-refractivity contribution in [2.45, 2.75) is 45.6 Å². The molecular formula is C16H23N7O2. The molecular weight excluding hydrogens is 322 g/mol. The molecule has 0 radical (unpaired) electrons. The van der Waals surface area contributed by atoms with E-state index in [1.807, 2.05) is 0 Å². The average Bonchev–Trinajstić information content (AvgIpc) is 3.37. The van der Waals surface area contributed by atoms with Crippen molar-refractivity contribution < 1.29 is 9.59 Å². The number of hydrogen-bond acceptors (Lipinski definition) is 5. The van der Waals surface area contributed by atoms with E-state index in [9.17, 15) is 9.59 Å². The predicted octanol–water partition coefficient (Wildman–Crippen LogP) is 1.85. The normalized spacial score (nSPS) is 14.3. The number of aromatic nitrogens is 5. The van der Waals surface area contributed by atoms with E-state index >= 15 is 0 Å². The lowest BCUT2D eigenvalue weighted by atomic mass is 10.1. The Labute approximate surface area is 145 Å². The number of H-pyrrole nitrogens is 1. The summed E-state index contributed by atoms with van der Waals surface area (Å²) in [4.78, 5) is 26.9. The lowest BCUT2D eigenvalue weighted by Gasteiger charge is -2.16. The summed E-state index contributed by atoms with van der Waals surface area (Å²) >= 11 is 0. The first kappa shape index (κ1) is 17.1. The number of likely N-dealkylation sites (tertiary alicyclic amines) is 1. The molecule has 0 atom stereocenters. The summed E-state index contributed by atoms with van der Waals surface area (Å²) in [6.07, 6.45) is 5.33. The van der Waals surface area contributed by atoms with Crippen LogP contribution in [-0.4, -0.2) is 55.0 Å². The Hall–Kier alpha value is -2.71. The summed E-state index contributed by atoms with van der Waals surface area (Å²) in [6, 6.07) is 1.81. The van der Waals surface area contributed by atoms with E-state index in [0.29, 0.717) is 18.8 Å². The molecule has 2 amide bonds. The van der Waals surface area contributed by atoms with Crippen molar-refractivity contribution in [1.82, 2.24) is 30.1 Å². The molecule has 1 saturated heterocycles. The monoisotopic (exact) mass is 345 g/mol. The highest BCUT2D eigenvalue weighted by Gasteiger charge is 2.27. The Morgan fingerprint density at radius 1 is 1.24 bits per heavy atom. The molecule has 3 rings (SSSR count). The third kappa shape index (κ3) is 3.40. The summed E-state index contributed by atoms with van der Waals surface area (Å²) in [5.74, 6) is -0.414. The Bertz CT molecular complexity index is 741. The third-order valence-electron chi connectivity index (χ3n) is 4.57. The van der Waals surface area contributed by atoms with Crippen molar-refractivity contribution in [3.8, 4) is 0 Å². The lowest BCUT2D eigenvalue weighted by Crippen LogP contribution is -2.29. The predicted molar refractivity (Wildman–Crippen MR) is 91.3 cm³/mol. The molecule has 2 aromatic rings. The fraction of sp³-hybridized carbons (Fsp3) is 0.562. The van der Waals surface area contributed by atoms with Gasteiger partial charge in [-0.25, -0.2) is 0 Å². The van der Waals surface area contributed by atoms with E-state index < -0.39 is 0 Å². The average molecular weight is 345 g/mol. The summed E-state index contributed by atoms with van der Waals surface area (Å²) < 4.78 is 1.72. The molecule has 0 unspecified atom stereocenters. The van der Waals surface area contributed by atoms with Crippen LogP contribution in [0.15, 0.2) is 12.3 Å². The molecule has 0 bridgehead atoms. The second kappa shape index (κ2) is 7.45. The largest absolute Gasteiger partial charge is 0.337 e. The molecule has 0 aromatic carbocycles. The van der Waals surface area contributed by atoms with Gasteiger partial charge in [-0.1, -0.05) is 13.8 Å². The Morgan fingerprint density at radius 3 is 2.64 bits per heavy atom. The van der Waals surface area contributed by atoms with Crippen molar-refractivity contribution in [3.63, 3.8) is 0 Å². The quantitative estimate of drug-likeness (QED) is 0.830. The van der Waals surface area contributed by atoms with E-state index in [-0.39, 0.29) is 29.4 Å². The van der Waals surface area contributed by atoms with Crippen molar-refractivity contribution in [2.75, 3.05) is 18.4 Å². The Kier molecular flexibility index (Phi) is 5.11. The van der Waals surface area contributed by atoms with Gasteiger partial charge in [-0.2, -0.15) is 10.3 Å². The fourth-order valence-electron chi connectivity index (χ4n) is 3.13. The second-order valence-corrected chi connectivity index (χ2v) is 6.11. The zero-order chi connectivity index (χ0) is 17.8. The molecule has 1 aliphatic rings. The van der Waals surface area contributed by atoms with Gasteiger partial charge in [0.25, 0.3) is 11.8 Å². The minimum Gasteiger partial charge on any atom is -0.337 e. The summed E-state index contributed by atoms with van der Waals surface area (Å²) in [7, 11) is 0. The lowest BCUT2D eigenvalue weighted by molar-refractivity contribution is 0.0788. The topological polar surface area (TPSA) is 109 Å². The summed E-state index contributed by atoms with van der Waals surface area (Å²) in [6.45, 7) is 5.53. The molecule has 2 N–H and O–H groups in total. The van der Waals surface area contributed by atoms with Gasteiger partial charge in [0.1, 0.15) is 5.69 Å². The van der Waals surface area contributed by atoms with E-state index in [1.165, 1.54) is 0 Å². The van der Waals surface area contributed by atoms with Crippen molar-refractivity contribution in [2.24, 2.45) is 0 Å². The maximum absolute atomic E-state index is 12.6. The van der Waals surface area contributed by atoms with Crippen LogP contribution in [0.25, 0.3) is 0 Å². The standard InChI is InChI=1S/C16H23N7O2/c1-3-11(4-2)23-12(7-8-17-23)15(24)18-14-13(19-21-20-14)16(25)22-9-5-6-10-22/h7-8,11H,3-6,9-10H2,1-2H3,(H2,18,19,20,21,24). The van der Waals surface area contributed by atoms with Gasteiger partial charge >= 0.3 is 0 Å². The minimum atomic E-state index is -0.353. The molecule has 0 saturated carbocycles. The van der Waals surface area contributed by atoms with Crippen LogP contribution in [0.5, 0.6) is 0 Å². The van der Waals surface area contributed by atoms with Crippen LogP contribution in [-0.2, 0) is 0 Å². The van der Waals surface area contributed by atoms with Crippen molar-refractivity contribution >= 4 is 17.6 Å². The summed E-state index contributed by atoms with van der Waals surface area (Å²) in [5.41, 5.74) is 0.583. The second-order valence-electron chi connectivity index (χ2n) is 6.11. The van der Waals surface area contributed by atoms with Crippen LogP contribution in [0.2, 0.25) is 0 Å². The highest BCUT2D eigenvalue weighted by Crippen LogP contribution is 2.19. The first-order valence-corrected chi connectivity index (χ1v) is 8.70. The van der Waals surface area contributed by atoms with Gasteiger partial charge in [0.15, 0.2) is 11.5 Å². The number of aromatic amines is 1. The van der Waals surface area contributed by atoms with Gasteiger partial charge in [0.05, 0.1) is 6.04 Å². The molecule has 1 fully saturated rings. The van der Waals surface area contributed by atoms with Gasteiger partial charge in [-0.05, 0) is 31.7 Å². The van der Waals surface area contributed by atoms with Crippen LogP contribution in [0.3, 0.4) is 0 Å². The number of nitrogens with zero attached hydrogens (tertiary/aromatic N) is 5. The Balaban J connectivity index is 1.78. The number of nitrogens with one attached hydrogen (secondary N) is 2. The van der Waals surface area contributed by atoms with Gasteiger partial charge in [0, 0.05) is 19.3 Å². The molecule has 9 nitrogen and oxygen atoms in total. The van der Waals surface area contributed by atoms with Crippen LogP contribution >= 0.6 is 0 Å². The van der Waals surface area contributed by atoms with E-state index in [4.69, 9.17) is 0 Å². The Morgan fingerprint density at radius 2 is 1.96 bits per heavy atom. The summed E-state index contributed by atoms with van der Waals surface area (Å²) in [5, 5.41) is 17.2. The number of amides is 2. The number of carbonyl (C=O) groups excluding carboxylic acids is 2. The zero-order valence-electron chi connectivity index (χ0n) is 14.5. The van der Waals surface area contributed by atoms with Crippen LogP contribution in [0.4, 0.5) is 5.82 Å². The maximum atomic E-state index is 12.6. The number of carbonyl (C=O) groups is 2.